The van der Waals surface area contributed by atoms with Crippen LogP contribution in [0.25, 0.3) is 0 Å². The van der Waals surface area contributed by atoms with Crippen molar-refractivity contribution in [1.29, 1.82) is 0 Å². The van der Waals surface area contributed by atoms with Gasteiger partial charge in [-0.3, -0.25) is 5.32 Å². The number of benzene rings is 1. The molecule has 7 heteroatoms. The first kappa shape index (κ1) is 21.2. The fourth-order valence-corrected chi connectivity index (χ4v) is 4.03. The van der Waals surface area contributed by atoms with Gasteiger partial charge in [-0.2, -0.15) is 0 Å². The van der Waals surface area contributed by atoms with Gasteiger partial charge in [-0.05, 0) is 50.2 Å². The minimum Gasteiger partial charge on any atom is -0.353 e. The van der Waals surface area contributed by atoms with Gasteiger partial charge in [0.15, 0.2) is 0 Å². The first-order valence-corrected chi connectivity index (χ1v) is 11.1. The van der Waals surface area contributed by atoms with Crippen LogP contribution in [-0.4, -0.2) is 54.7 Å². The van der Waals surface area contributed by atoms with Crippen LogP contribution in [0.1, 0.15) is 25.8 Å². The number of rotatable bonds is 6. The Morgan fingerprint density at radius 1 is 1.03 bits per heavy atom. The summed E-state index contributed by atoms with van der Waals surface area (Å²) in [4.78, 5) is 14.1. The van der Waals surface area contributed by atoms with Crippen molar-refractivity contribution in [3.05, 3.63) is 66.1 Å². The summed E-state index contributed by atoms with van der Waals surface area (Å²) in [6, 6.07) is 14.6. The number of likely N-dealkylation sites (N-methyl/N-ethyl adjacent to an activating group) is 1. The first-order valence-electron chi connectivity index (χ1n) is 11.1. The molecule has 0 spiro atoms. The maximum atomic E-state index is 4.97. The highest BCUT2D eigenvalue weighted by Crippen LogP contribution is 2.22. The van der Waals surface area contributed by atoms with Crippen LogP contribution in [0, 0.1) is 0 Å². The van der Waals surface area contributed by atoms with Crippen LogP contribution in [-0.2, 0) is 6.42 Å². The predicted octanol–water partition coefficient (Wildman–Crippen LogP) is 3.00. The average molecular weight is 420 g/mol. The molecule has 31 heavy (non-hydrogen) atoms. The zero-order valence-electron chi connectivity index (χ0n) is 18.7. The monoisotopic (exact) mass is 419 g/mol. The molecule has 7 nitrogen and oxygen atoms in total. The molecule has 4 rings (SSSR count). The number of nitrogens with zero attached hydrogens (tertiary/aromatic N) is 4. The molecule has 1 saturated heterocycles. The molecule has 1 aromatic carbocycles. The van der Waals surface area contributed by atoms with Crippen LogP contribution < -0.4 is 20.9 Å². The maximum Gasteiger partial charge on any atom is 0.201 e. The zero-order chi connectivity index (χ0) is 21.7. The van der Waals surface area contributed by atoms with Gasteiger partial charge >= 0.3 is 0 Å². The van der Waals surface area contributed by atoms with Gasteiger partial charge in [-0.1, -0.05) is 37.6 Å². The molecule has 0 bridgehead atoms. The average Bonchev–Trinajstić information content (AvgIpc) is 2.81. The topological polar surface area (TPSA) is 67.8 Å². The summed E-state index contributed by atoms with van der Waals surface area (Å²) in [7, 11) is 1.95. The second-order valence-corrected chi connectivity index (χ2v) is 8.21. The molecule has 2 aliphatic heterocycles. The second kappa shape index (κ2) is 9.39. The van der Waals surface area contributed by atoms with Crippen molar-refractivity contribution >= 4 is 17.5 Å². The van der Waals surface area contributed by atoms with Gasteiger partial charge in [-0.25, -0.2) is 9.98 Å². The number of piperazine rings is 1. The lowest BCUT2D eigenvalue weighted by Crippen LogP contribution is -2.56. The zero-order valence-corrected chi connectivity index (χ0v) is 18.7. The minimum atomic E-state index is -0.471. The third-order valence-corrected chi connectivity index (χ3v) is 5.87. The summed E-state index contributed by atoms with van der Waals surface area (Å²) >= 11 is 0. The van der Waals surface area contributed by atoms with E-state index in [1.54, 1.807) is 0 Å². The van der Waals surface area contributed by atoms with Gasteiger partial charge in [0.25, 0.3) is 0 Å². The van der Waals surface area contributed by atoms with Crippen molar-refractivity contribution in [3.63, 3.8) is 0 Å². The van der Waals surface area contributed by atoms with E-state index in [0.29, 0.717) is 0 Å². The van der Waals surface area contributed by atoms with Crippen molar-refractivity contribution < 1.29 is 0 Å². The summed E-state index contributed by atoms with van der Waals surface area (Å²) in [5, 5.41) is 10.5. The van der Waals surface area contributed by atoms with Crippen LogP contribution in [0.4, 0.5) is 11.5 Å². The molecule has 3 heterocycles. The van der Waals surface area contributed by atoms with Gasteiger partial charge < -0.3 is 20.4 Å². The van der Waals surface area contributed by atoms with Gasteiger partial charge in [0.1, 0.15) is 17.3 Å². The highest BCUT2D eigenvalue weighted by molar-refractivity contribution is 5.84. The van der Waals surface area contributed by atoms with E-state index in [1.165, 1.54) is 5.56 Å². The molecule has 1 aromatic heterocycles. The number of hydrogen-bond donors (Lipinski definition) is 3. The fraction of sp³-hybridized carbons (Fsp3) is 0.417. The van der Waals surface area contributed by atoms with E-state index in [0.717, 1.165) is 62.3 Å². The molecular weight excluding hydrogens is 386 g/mol. The van der Waals surface area contributed by atoms with Gasteiger partial charge in [0.2, 0.25) is 5.96 Å². The summed E-state index contributed by atoms with van der Waals surface area (Å²) in [5.74, 6) is 2.89. The molecule has 1 unspecified atom stereocenters. The standard InChI is InChI=1S/C24H33N7/c1-4-9-19-10-5-6-11-20(19)27-21-18-24(2,25-3)29-23(28-21)31-16-14-30(15-17-31)22-12-7-8-13-26-22/h5-8,10-13,18,25,27H,4,9,14-17H2,1-3H3,(H,28,29). The summed E-state index contributed by atoms with van der Waals surface area (Å²) < 4.78 is 0. The normalized spacial score (nSPS) is 21.3. The van der Waals surface area contributed by atoms with Crippen molar-refractivity contribution in [2.24, 2.45) is 4.99 Å². The first-order chi connectivity index (χ1) is 15.1. The van der Waals surface area contributed by atoms with E-state index in [-0.39, 0.29) is 0 Å². The van der Waals surface area contributed by atoms with E-state index >= 15 is 0 Å². The van der Waals surface area contributed by atoms with Crippen molar-refractivity contribution in [1.82, 2.24) is 20.5 Å². The molecule has 0 saturated carbocycles. The second-order valence-electron chi connectivity index (χ2n) is 8.21. The highest BCUT2D eigenvalue weighted by atomic mass is 15.4. The van der Waals surface area contributed by atoms with Crippen molar-refractivity contribution in [2.75, 3.05) is 43.4 Å². The minimum absolute atomic E-state index is 0.471. The number of nitrogens with one attached hydrogen (secondary N) is 3. The van der Waals surface area contributed by atoms with Crippen LogP contribution in [0.5, 0.6) is 0 Å². The van der Waals surface area contributed by atoms with Crippen LogP contribution in [0.15, 0.2) is 65.6 Å². The Balaban J connectivity index is 1.47. The Morgan fingerprint density at radius 3 is 2.48 bits per heavy atom. The molecule has 1 atom stereocenters. The smallest absolute Gasteiger partial charge is 0.201 e. The number of hydrogen-bond acceptors (Lipinski definition) is 7. The molecule has 0 radical (unpaired) electrons. The van der Waals surface area contributed by atoms with E-state index in [1.807, 2.05) is 25.4 Å². The quantitative estimate of drug-likeness (QED) is 0.669. The van der Waals surface area contributed by atoms with Crippen LogP contribution >= 0.6 is 0 Å². The van der Waals surface area contributed by atoms with E-state index in [2.05, 4.69) is 81.0 Å². The largest absolute Gasteiger partial charge is 0.353 e. The summed E-state index contributed by atoms with van der Waals surface area (Å²) in [5.41, 5.74) is 2.00. The Labute approximate surface area is 185 Å². The lowest BCUT2D eigenvalue weighted by atomic mass is 10.1. The number of anilines is 2. The molecule has 0 aliphatic carbocycles. The molecule has 1 fully saturated rings. The fourth-order valence-electron chi connectivity index (χ4n) is 4.03. The highest BCUT2D eigenvalue weighted by Gasteiger charge is 2.29. The molecule has 3 N–H and O–H groups in total. The predicted molar refractivity (Wildman–Crippen MR) is 128 cm³/mol. The van der Waals surface area contributed by atoms with E-state index in [4.69, 9.17) is 4.99 Å². The van der Waals surface area contributed by atoms with Gasteiger partial charge in [-0.15, -0.1) is 0 Å². The Kier molecular flexibility index (Phi) is 6.42. The molecule has 2 aliphatic rings. The van der Waals surface area contributed by atoms with Crippen LogP contribution in [0.2, 0.25) is 0 Å². The Morgan fingerprint density at radius 2 is 1.77 bits per heavy atom. The number of para-hydroxylation sites is 1. The lowest BCUT2D eigenvalue weighted by Gasteiger charge is -2.40. The van der Waals surface area contributed by atoms with Crippen molar-refractivity contribution in [2.45, 2.75) is 32.4 Å². The van der Waals surface area contributed by atoms with Gasteiger partial charge in [0, 0.05) is 38.1 Å². The maximum absolute atomic E-state index is 4.97. The summed E-state index contributed by atoms with van der Waals surface area (Å²) in [6.45, 7) is 7.92. The number of aryl methyl sites for hydroxylation is 1. The Hall–Kier alpha value is -3.06. The molecule has 164 valence electrons. The number of aliphatic imine (C=N–C) groups is 1. The molecular formula is C24H33N7. The van der Waals surface area contributed by atoms with Crippen molar-refractivity contribution in [3.8, 4) is 0 Å². The third-order valence-electron chi connectivity index (χ3n) is 5.87. The molecule has 2 aromatic rings. The van der Waals surface area contributed by atoms with E-state index < -0.39 is 5.66 Å². The van der Waals surface area contributed by atoms with Crippen LogP contribution in [0.3, 0.4) is 0 Å². The number of pyridine rings is 1. The summed E-state index contributed by atoms with van der Waals surface area (Å²) in [6.07, 6.45) is 6.14. The number of guanidine groups is 1. The Bertz CT molecular complexity index is 932. The number of aromatic nitrogens is 1. The lowest BCUT2D eigenvalue weighted by molar-refractivity contribution is 0.361. The molecule has 0 amide bonds. The van der Waals surface area contributed by atoms with Gasteiger partial charge in [0.05, 0.1) is 0 Å². The van der Waals surface area contributed by atoms with E-state index in [9.17, 15) is 0 Å². The third kappa shape index (κ3) is 4.99. The SMILES string of the molecule is CCCc1ccccc1NC1=CC(C)(NC)N=C(N2CCN(c3ccccn3)CC2)N1.